The van der Waals surface area contributed by atoms with Gasteiger partial charge in [-0.2, -0.15) is 0 Å². The molecule has 0 amide bonds. The van der Waals surface area contributed by atoms with Crippen LogP contribution in [0.3, 0.4) is 0 Å². The predicted molar refractivity (Wildman–Crippen MR) is 103 cm³/mol. The highest BCUT2D eigenvalue weighted by Gasteiger charge is 2.15. The fourth-order valence-corrected chi connectivity index (χ4v) is 3.38. The van der Waals surface area contributed by atoms with Gasteiger partial charge in [0.25, 0.3) is 0 Å². The first kappa shape index (κ1) is 17.7. The van der Waals surface area contributed by atoms with Crippen molar-refractivity contribution in [2.75, 3.05) is 26.2 Å². The van der Waals surface area contributed by atoms with Crippen molar-refractivity contribution in [2.45, 2.75) is 13.0 Å². The van der Waals surface area contributed by atoms with Crippen molar-refractivity contribution >= 4 is 27.5 Å². The fourth-order valence-electron chi connectivity index (χ4n) is 2.58. The smallest absolute Gasteiger partial charge is 0.119 e. The van der Waals surface area contributed by atoms with E-state index in [4.69, 9.17) is 16.3 Å². The van der Waals surface area contributed by atoms with E-state index in [0.29, 0.717) is 6.61 Å². The van der Waals surface area contributed by atoms with Crippen LogP contribution in [-0.4, -0.2) is 26.2 Å². The maximum atomic E-state index is 5.95. The molecule has 0 unspecified atom stereocenters. The largest absolute Gasteiger partial charge is 0.489 e. The SMILES string of the molecule is Clc1ccc(COc2ccc(CCNCC3CNC3)cc2)c(Br)c1. The van der Waals surface area contributed by atoms with Gasteiger partial charge in [-0.15, -0.1) is 0 Å². The van der Waals surface area contributed by atoms with Gasteiger partial charge in [0.2, 0.25) is 0 Å². The average Bonchev–Trinajstić information content (AvgIpc) is 2.53. The highest BCUT2D eigenvalue weighted by atomic mass is 79.9. The maximum Gasteiger partial charge on any atom is 0.119 e. The molecule has 1 aliphatic heterocycles. The van der Waals surface area contributed by atoms with Crippen LogP contribution >= 0.6 is 27.5 Å². The summed E-state index contributed by atoms with van der Waals surface area (Å²) in [5.74, 6) is 1.70. The van der Waals surface area contributed by atoms with Gasteiger partial charge in [-0.1, -0.05) is 45.7 Å². The third kappa shape index (κ3) is 5.21. The molecular formula is C19H22BrClN2O. The van der Waals surface area contributed by atoms with Gasteiger partial charge in [0.15, 0.2) is 0 Å². The Labute approximate surface area is 156 Å². The van der Waals surface area contributed by atoms with Crippen LogP contribution in [0.15, 0.2) is 46.9 Å². The minimum absolute atomic E-state index is 0.522. The monoisotopic (exact) mass is 408 g/mol. The minimum Gasteiger partial charge on any atom is -0.489 e. The van der Waals surface area contributed by atoms with Crippen molar-refractivity contribution in [3.05, 3.63) is 63.1 Å². The lowest BCUT2D eigenvalue weighted by molar-refractivity contribution is 0.305. The topological polar surface area (TPSA) is 33.3 Å². The number of benzene rings is 2. The van der Waals surface area contributed by atoms with E-state index in [1.54, 1.807) is 0 Å². The van der Waals surface area contributed by atoms with E-state index in [9.17, 15) is 0 Å². The van der Waals surface area contributed by atoms with E-state index in [1.165, 1.54) is 5.56 Å². The van der Waals surface area contributed by atoms with Gasteiger partial charge in [0.05, 0.1) is 0 Å². The Morgan fingerprint density at radius 3 is 2.62 bits per heavy atom. The zero-order valence-electron chi connectivity index (χ0n) is 13.5. The Kier molecular flexibility index (Phi) is 6.55. The van der Waals surface area contributed by atoms with E-state index >= 15 is 0 Å². The van der Waals surface area contributed by atoms with E-state index in [-0.39, 0.29) is 0 Å². The molecule has 24 heavy (non-hydrogen) atoms. The van der Waals surface area contributed by atoms with Crippen molar-refractivity contribution in [1.29, 1.82) is 0 Å². The first-order valence-corrected chi connectivity index (χ1v) is 9.45. The molecule has 0 radical (unpaired) electrons. The van der Waals surface area contributed by atoms with Crippen molar-refractivity contribution in [2.24, 2.45) is 5.92 Å². The average molecular weight is 410 g/mol. The molecule has 0 saturated carbocycles. The summed E-state index contributed by atoms with van der Waals surface area (Å²) >= 11 is 9.46. The molecular weight excluding hydrogens is 388 g/mol. The summed E-state index contributed by atoms with van der Waals surface area (Å²) in [7, 11) is 0. The van der Waals surface area contributed by atoms with Crippen LogP contribution in [0, 0.1) is 5.92 Å². The number of rotatable bonds is 8. The highest BCUT2D eigenvalue weighted by molar-refractivity contribution is 9.10. The van der Waals surface area contributed by atoms with E-state index in [0.717, 1.165) is 59.3 Å². The van der Waals surface area contributed by atoms with Crippen molar-refractivity contribution in [3.63, 3.8) is 0 Å². The van der Waals surface area contributed by atoms with Crippen molar-refractivity contribution in [3.8, 4) is 5.75 Å². The maximum absolute atomic E-state index is 5.95. The first-order valence-electron chi connectivity index (χ1n) is 8.28. The quantitative estimate of drug-likeness (QED) is 0.646. The third-order valence-electron chi connectivity index (χ3n) is 4.22. The van der Waals surface area contributed by atoms with Gasteiger partial charge in [0.1, 0.15) is 12.4 Å². The number of hydrogen-bond acceptors (Lipinski definition) is 3. The lowest BCUT2D eigenvalue weighted by Gasteiger charge is -2.27. The summed E-state index contributed by atoms with van der Waals surface area (Å²) in [6.45, 7) is 4.97. The predicted octanol–water partition coefficient (Wildman–Crippen LogP) is 4.03. The number of hydrogen-bond donors (Lipinski definition) is 2. The summed E-state index contributed by atoms with van der Waals surface area (Å²) in [5.41, 5.74) is 2.41. The van der Waals surface area contributed by atoms with Crippen LogP contribution in [0.25, 0.3) is 0 Å². The Bertz CT molecular complexity index is 659. The lowest BCUT2D eigenvalue weighted by atomic mass is 10.0. The molecule has 3 nitrogen and oxygen atoms in total. The molecule has 1 aliphatic rings. The van der Waals surface area contributed by atoms with Gasteiger partial charge in [0, 0.05) is 34.7 Å². The molecule has 1 fully saturated rings. The van der Waals surface area contributed by atoms with Crippen LogP contribution in [0.1, 0.15) is 11.1 Å². The lowest BCUT2D eigenvalue weighted by Crippen LogP contribution is -2.47. The van der Waals surface area contributed by atoms with Crippen molar-refractivity contribution in [1.82, 2.24) is 10.6 Å². The van der Waals surface area contributed by atoms with Crippen molar-refractivity contribution < 1.29 is 4.74 Å². The summed E-state index contributed by atoms with van der Waals surface area (Å²) in [6.07, 6.45) is 1.04. The first-order chi connectivity index (χ1) is 11.7. The van der Waals surface area contributed by atoms with Gasteiger partial charge in [-0.05, 0) is 48.7 Å². The van der Waals surface area contributed by atoms with Crippen LogP contribution in [0.2, 0.25) is 5.02 Å². The second-order valence-electron chi connectivity index (χ2n) is 6.15. The van der Waals surface area contributed by atoms with Gasteiger partial charge < -0.3 is 15.4 Å². The number of halogens is 2. The molecule has 0 aliphatic carbocycles. The second-order valence-corrected chi connectivity index (χ2v) is 7.44. The molecule has 0 aromatic heterocycles. The van der Waals surface area contributed by atoms with Gasteiger partial charge in [-0.3, -0.25) is 0 Å². The Hall–Kier alpha value is -1.07. The molecule has 128 valence electrons. The van der Waals surface area contributed by atoms with Crippen LogP contribution in [0.5, 0.6) is 5.75 Å². The summed E-state index contributed by atoms with van der Waals surface area (Å²) in [4.78, 5) is 0. The zero-order chi connectivity index (χ0) is 16.8. The van der Waals surface area contributed by atoms with Crippen LogP contribution in [-0.2, 0) is 13.0 Å². The Morgan fingerprint density at radius 1 is 1.17 bits per heavy atom. The summed E-state index contributed by atoms with van der Waals surface area (Å²) in [6, 6.07) is 14.1. The molecule has 0 atom stereocenters. The molecule has 0 bridgehead atoms. The van der Waals surface area contributed by atoms with E-state index < -0.39 is 0 Å². The molecule has 5 heteroatoms. The number of nitrogens with one attached hydrogen (secondary N) is 2. The molecule has 2 aromatic rings. The molecule has 1 heterocycles. The second kappa shape index (κ2) is 8.86. The number of ether oxygens (including phenoxy) is 1. The Morgan fingerprint density at radius 2 is 1.96 bits per heavy atom. The standard InChI is InChI=1S/C19H22BrClN2O/c20-19-9-17(21)4-3-16(19)13-24-18-5-1-14(2-6-18)7-8-22-10-15-11-23-12-15/h1-6,9,15,22-23H,7-8,10-13H2. The molecule has 0 spiro atoms. The molecule has 2 N–H and O–H groups in total. The minimum atomic E-state index is 0.522. The normalized spacial score (nSPS) is 14.4. The van der Waals surface area contributed by atoms with Gasteiger partial charge >= 0.3 is 0 Å². The summed E-state index contributed by atoms with van der Waals surface area (Å²) < 4.78 is 6.82. The molecule has 1 saturated heterocycles. The zero-order valence-corrected chi connectivity index (χ0v) is 15.9. The van der Waals surface area contributed by atoms with E-state index in [2.05, 4.69) is 38.7 Å². The summed E-state index contributed by atoms with van der Waals surface area (Å²) in [5, 5.41) is 7.53. The van der Waals surface area contributed by atoms with Crippen LogP contribution in [0.4, 0.5) is 0 Å². The molecule has 2 aromatic carbocycles. The molecule has 3 rings (SSSR count). The third-order valence-corrected chi connectivity index (χ3v) is 5.20. The van der Waals surface area contributed by atoms with E-state index in [1.807, 2.05) is 30.3 Å². The fraction of sp³-hybridized carbons (Fsp3) is 0.368. The Balaban J connectivity index is 1.42. The van der Waals surface area contributed by atoms with Gasteiger partial charge in [-0.25, -0.2) is 0 Å². The highest BCUT2D eigenvalue weighted by Crippen LogP contribution is 2.23. The van der Waals surface area contributed by atoms with Crippen LogP contribution < -0.4 is 15.4 Å².